The maximum atomic E-state index is 12.9. The molecule has 3 rings (SSSR count). The van der Waals surface area contributed by atoms with Crippen molar-refractivity contribution in [2.75, 3.05) is 5.32 Å². The zero-order valence-electron chi connectivity index (χ0n) is 16.5. The summed E-state index contributed by atoms with van der Waals surface area (Å²) < 4.78 is 28.7. The lowest BCUT2D eigenvalue weighted by Gasteiger charge is -2.12. The molecule has 2 N–H and O–H groups in total. The lowest BCUT2D eigenvalue weighted by atomic mass is 10.3. The van der Waals surface area contributed by atoms with Gasteiger partial charge in [0.15, 0.2) is 6.10 Å². The molecule has 0 aliphatic carbocycles. The van der Waals surface area contributed by atoms with E-state index < -0.39 is 24.0 Å². The summed E-state index contributed by atoms with van der Waals surface area (Å²) in [4.78, 5) is 36.1. The highest BCUT2D eigenvalue weighted by molar-refractivity contribution is 6.03. The average molecular weight is 426 g/mol. The number of esters is 1. The van der Waals surface area contributed by atoms with E-state index in [1.54, 1.807) is 30.3 Å². The Morgan fingerprint density at radius 3 is 2.42 bits per heavy atom. The molecule has 0 radical (unpaired) electrons. The molecular formula is C22H19FN2O6. The second-order valence-corrected chi connectivity index (χ2v) is 6.37. The molecule has 3 aromatic rings. The first-order chi connectivity index (χ1) is 14.9. The number of benzene rings is 2. The Labute approximate surface area is 177 Å². The van der Waals surface area contributed by atoms with Crippen LogP contribution in [0.3, 0.4) is 0 Å². The third-order valence-corrected chi connectivity index (χ3v) is 3.98. The zero-order chi connectivity index (χ0) is 22.2. The zero-order valence-corrected chi connectivity index (χ0v) is 16.5. The number of halogens is 1. The Kier molecular flexibility index (Phi) is 7.00. The Bertz CT molecular complexity index is 1050. The minimum absolute atomic E-state index is 0.00854. The Hall–Kier alpha value is -4.14. The summed E-state index contributed by atoms with van der Waals surface area (Å²) in [6.45, 7) is 1.33. The number of anilines is 1. The molecule has 1 atom stereocenters. The Morgan fingerprint density at radius 1 is 1.00 bits per heavy atom. The Balaban J connectivity index is 1.47. The quantitative estimate of drug-likeness (QED) is 0.555. The van der Waals surface area contributed by atoms with Crippen molar-refractivity contribution in [3.63, 3.8) is 0 Å². The molecule has 9 heteroatoms. The van der Waals surface area contributed by atoms with Crippen molar-refractivity contribution in [3.05, 3.63) is 84.1 Å². The first-order valence-electron chi connectivity index (χ1n) is 9.25. The molecule has 1 unspecified atom stereocenters. The molecule has 0 spiro atoms. The minimum atomic E-state index is -1.24. The number of hydrogen-bond acceptors (Lipinski definition) is 6. The molecule has 2 aromatic carbocycles. The summed E-state index contributed by atoms with van der Waals surface area (Å²) >= 11 is 0. The summed E-state index contributed by atoms with van der Waals surface area (Å²) in [6, 6.07) is 16.1. The third-order valence-electron chi connectivity index (χ3n) is 3.98. The smallest absolute Gasteiger partial charge is 0.375 e. The van der Waals surface area contributed by atoms with E-state index in [9.17, 15) is 18.8 Å². The molecule has 0 aliphatic heterocycles. The normalized spacial score (nSPS) is 11.3. The topological polar surface area (TPSA) is 107 Å². The van der Waals surface area contributed by atoms with Crippen LogP contribution in [0.1, 0.15) is 23.2 Å². The fourth-order valence-corrected chi connectivity index (χ4v) is 2.42. The van der Waals surface area contributed by atoms with Gasteiger partial charge in [-0.3, -0.25) is 10.1 Å². The maximum Gasteiger partial charge on any atom is 0.375 e. The van der Waals surface area contributed by atoms with Gasteiger partial charge in [0.25, 0.3) is 5.91 Å². The van der Waals surface area contributed by atoms with Crippen molar-refractivity contribution in [1.82, 2.24) is 5.32 Å². The van der Waals surface area contributed by atoms with Crippen LogP contribution in [-0.2, 0) is 16.1 Å². The SMILES string of the molecule is CC(OC(=O)c1ccc(COc2ccc(F)cc2)o1)C(=O)NC(=O)Nc1ccccc1. The molecule has 0 aliphatic rings. The molecule has 0 saturated carbocycles. The van der Waals surface area contributed by atoms with Crippen molar-refractivity contribution in [3.8, 4) is 5.75 Å². The number of carbonyl (C=O) groups excluding carboxylic acids is 3. The third kappa shape index (κ3) is 6.43. The number of ether oxygens (including phenoxy) is 2. The molecule has 0 saturated heterocycles. The molecule has 160 valence electrons. The summed E-state index contributed by atoms with van der Waals surface area (Å²) in [5, 5.41) is 4.57. The number of urea groups is 1. The second-order valence-electron chi connectivity index (χ2n) is 6.37. The highest BCUT2D eigenvalue weighted by Crippen LogP contribution is 2.16. The van der Waals surface area contributed by atoms with Crippen LogP contribution in [0.25, 0.3) is 0 Å². The number of carbonyl (C=O) groups is 3. The van der Waals surface area contributed by atoms with E-state index >= 15 is 0 Å². The lowest BCUT2D eigenvalue weighted by Crippen LogP contribution is -2.41. The number of hydrogen-bond donors (Lipinski definition) is 2. The van der Waals surface area contributed by atoms with E-state index in [0.717, 1.165) is 0 Å². The van der Waals surface area contributed by atoms with Crippen LogP contribution in [-0.4, -0.2) is 24.0 Å². The van der Waals surface area contributed by atoms with Gasteiger partial charge in [-0.25, -0.2) is 14.0 Å². The van der Waals surface area contributed by atoms with Gasteiger partial charge in [0, 0.05) is 5.69 Å². The molecule has 3 amide bonds. The van der Waals surface area contributed by atoms with Crippen LogP contribution in [0.2, 0.25) is 0 Å². The van der Waals surface area contributed by atoms with E-state index in [4.69, 9.17) is 13.9 Å². The van der Waals surface area contributed by atoms with Crippen LogP contribution in [0.5, 0.6) is 5.75 Å². The molecule has 1 aromatic heterocycles. The van der Waals surface area contributed by atoms with E-state index in [0.29, 0.717) is 17.2 Å². The molecule has 0 fully saturated rings. The van der Waals surface area contributed by atoms with Gasteiger partial charge in [-0.2, -0.15) is 0 Å². The van der Waals surface area contributed by atoms with E-state index in [-0.39, 0.29) is 18.2 Å². The van der Waals surface area contributed by atoms with Gasteiger partial charge in [-0.1, -0.05) is 18.2 Å². The molecular weight excluding hydrogens is 407 g/mol. The van der Waals surface area contributed by atoms with Gasteiger partial charge >= 0.3 is 12.0 Å². The summed E-state index contributed by atoms with van der Waals surface area (Å²) in [7, 11) is 0. The van der Waals surface area contributed by atoms with Crippen molar-refractivity contribution < 1.29 is 32.7 Å². The van der Waals surface area contributed by atoms with Crippen molar-refractivity contribution in [2.24, 2.45) is 0 Å². The average Bonchev–Trinajstić information content (AvgIpc) is 3.23. The van der Waals surface area contributed by atoms with Crippen LogP contribution in [0.15, 0.2) is 71.1 Å². The largest absolute Gasteiger partial charge is 0.486 e. The van der Waals surface area contributed by atoms with Crippen molar-refractivity contribution in [1.29, 1.82) is 0 Å². The second kappa shape index (κ2) is 10.1. The molecule has 1 heterocycles. The maximum absolute atomic E-state index is 12.9. The summed E-state index contributed by atoms with van der Waals surface area (Å²) in [6.07, 6.45) is -1.24. The standard InChI is InChI=1S/C22H19FN2O6/c1-14(20(26)25-22(28)24-16-5-3-2-4-6-16)30-21(27)19-12-11-18(31-19)13-29-17-9-7-15(23)8-10-17/h2-12,14H,13H2,1H3,(H2,24,25,26,28). The van der Waals surface area contributed by atoms with Gasteiger partial charge in [0.1, 0.15) is 23.9 Å². The number of imide groups is 1. The Morgan fingerprint density at radius 2 is 1.71 bits per heavy atom. The van der Waals surface area contributed by atoms with E-state index in [1.165, 1.54) is 43.3 Å². The van der Waals surface area contributed by atoms with Crippen LogP contribution < -0.4 is 15.4 Å². The number of amides is 3. The number of rotatable bonds is 7. The van der Waals surface area contributed by atoms with Gasteiger partial charge in [-0.15, -0.1) is 0 Å². The number of furan rings is 1. The predicted octanol–water partition coefficient (Wildman–Crippen LogP) is 3.89. The highest BCUT2D eigenvalue weighted by atomic mass is 19.1. The summed E-state index contributed by atoms with van der Waals surface area (Å²) in [5.41, 5.74) is 0.503. The minimum Gasteiger partial charge on any atom is -0.486 e. The van der Waals surface area contributed by atoms with Gasteiger partial charge in [0.2, 0.25) is 5.76 Å². The van der Waals surface area contributed by atoms with Gasteiger partial charge in [0.05, 0.1) is 0 Å². The van der Waals surface area contributed by atoms with Crippen molar-refractivity contribution >= 4 is 23.6 Å². The first kappa shape index (κ1) is 21.6. The molecule has 0 bridgehead atoms. The van der Waals surface area contributed by atoms with Crippen LogP contribution >= 0.6 is 0 Å². The fourth-order valence-electron chi connectivity index (χ4n) is 2.42. The summed E-state index contributed by atoms with van der Waals surface area (Å²) in [5.74, 6) is -1.43. The van der Waals surface area contributed by atoms with E-state index in [1.807, 2.05) is 0 Å². The van der Waals surface area contributed by atoms with Crippen molar-refractivity contribution in [2.45, 2.75) is 19.6 Å². The van der Waals surface area contributed by atoms with Gasteiger partial charge < -0.3 is 19.2 Å². The number of nitrogens with one attached hydrogen (secondary N) is 2. The van der Waals surface area contributed by atoms with Crippen LogP contribution in [0.4, 0.5) is 14.9 Å². The van der Waals surface area contributed by atoms with E-state index in [2.05, 4.69) is 10.6 Å². The highest BCUT2D eigenvalue weighted by Gasteiger charge is 2.22. The fraction of sp³-hybridized carbons (Fsp3) is 0.136. The first-order valence-corrected chi connectivity index (χ1v) is 9.25. The monoisotopic (exact) mass is 426 g/mol. The predicted molar refractivity (Wildman–Crippen MR) is 108 cm³/mol. The van der Waals surface area contributed by atoms with Crippen LogP contribution in [0, 0.1) is 5.82 Å². The number of para-hydroxylation sites is 1. The van der Waals surface area contributed by atoms with Gasteiger partial charge in [-0.05, 0) is 55.5 Å². The lowest BCUT2D eigenvalue weighted by molar-refractivity contribution is -0.127. The molecule has 8 nitrogen and oxygen atoms in total. The molecule has 31 heavy (non-hydrogen) atoms.